The van der Waals surface area contributed by atoms with E-state index in [1.807, 2.05) is 19.1 Å². The van der Waals surface area contributed by atoms with Gasteiger partial charge in [-0.2, -0.15) is 0 Å². The highest BCUT2D eigenvalue weighted by atomic mass is 32.2. The van der Waals surface area contributed by atoms with E-state index in [4.69, 9.17) is 0 Å². The Morgan fingerprint density at radius 3 is 2.28 bits per heavy atom. The molecule has 0 radical (unpaired) electrons. The summed E-state index contributed by atoms with van der Waals surface area (Å²) >= 11 is 0. The van der Waals surface area contributed by atoms with Crippen molar-refractivity contribution in [3.05, 3.63) is 59.2 Å². The molecule has 0 atom stereocenters. The number of nitrogens with one attached hydrogen (secondary N) is 1. The van der Waals surface area contributed by atoms with E-state index in [0.717, 1.165) is 24.7 Å². The molecule has 0 fully saturated rings. The maximum atomic E-state index is 12.6. The number of carbonyl (C=O) groups excluding carboxylic acids is 1. The molecular weight excluding hydrogens is 336 g/mol. The number of carbonyl (C=O) groups is 1. The van der Waals surface area contributed by atoms with E-state index in [0.29, 0.717) is 5.69 Å². The van der Waals surface area contributed by atoms with Gasteiger partial charge < -0.3 is 10.2 Å². The van der Waals surface area contributed by atoms with Crippen LogP contribution in [0.2, 0.25) is 0 Å². The van der Waals surface area contributed by atoms with Gasteiger partial charge >= 0.3 is 6.03 Å². The molecule has 1 N–H and O–H groups in total. The molecule has 0 aromatic heterocycles. The zero-order valence-electron chi connectivity index (χ0n) is 14.6. The van der Waals surface area contributed by atoms with E-state index in [1.54, 1.807) is 24.1 Å². The first-order valence-corrected chi connectivity index (χ1v) is 10.1. The molecule has 0 saturated carbocycles. The molecular formula is C19H22N2O3S. The van der Waals surface area contributed by atoms with Gasteiger partial charge in [-0.25, -0.2) is 13.2 Å². The summed E-state index contributed by atoms with van der Waals surface area (Å²) in [4.78, 5) is 14.5. The topological polar surface area (TPSA) is 66.5 Å². The molecule has 2 aromatic rings. The van der Waals surface area contributed by atoms with Crippen molar-refractivity contribution in [3.63, 3.8) is 0 Å². The molecule has 1 aliphatic carbocycles. The summed E-state index contributed by atoms with van der Waals surface area (Å²) < 4.78 is 23.5. The fourth-order valence-electron chi connectivity index (χ4n) is 3.15. The molecule has 0 saturated heterocycles. The van der Waals surface area contributed by atoms with Crippen LogP contribution in [0.25, 0.3) is 0 Å². The molecule has 3 rings (SSSR count). The Hall–Kier alpha value is -2.34. The first kappa shape index (κ1) is 17.5. The van der Waals surface area contributed by atoms with E-state index in [-0.39, 0.29) is 17.0 Å². The minimum absolute atomic E-state index is 0.107. The maximum Gasteiger partial charge on any atom is 0.321 e. The van der Waals surface area contributed by atoms with E-state index >= 15 is 0 Å². The molecule has 0 aliphatic heterocycles. The zero-order valence-corrected chi connectivity index (χ0v) is 15.4. The summed E-state index contributed by atoms with van der Waals surface area (Å²) in [6.07, 6.45) is 2.83. The van der Waals surface area contributed by atoms with Crippen LogP contribution in [-0.4, -0.2) is 38.7 Å². The lowest BCUT2D eigenvalue weighted by Crippen LogP contribution is -2.40. The lowest BCUT2D eigenvalue weighted by molar-refractivity contribution is 0.205. The smallest absolute Gasteiger partial charge is 0.321 e. The van der Waals surface area contributed by atoms with Crippen LogP contribution in [0.1, 0.15) is 16.7 Å². The molecule has 1 aliphatic rings. The Balaban J connectivity index is 1.75. The van der Waals surface area contributed by atoms with Crippen LogP contribution >= 0.6 is 0 Å². The largest absolute Gasteiger partial charge is 0.324 e. The van der Waals surface area contributed by atoms with Crippen LogP contribution in [0.3, 0.4) is 0 Å². The van der Waals surface area contributed by atoms with Crippen LogP contribution in [0.4, 0.5) is 10.5 Å². The SMILES string of the molecule is Cc1ccc(S(C)(=O)=O)cc1NC(=O)N(C)C1Cc2ccccc2C1. The Kier molecular flexibility index (Phi) is 4.56. The van der Waals surface area contributed by atoms with Crippen molar-refractivity contribution in [1.29, 1.82) is 0 Å². The molecule has 2 aromatic carbocycles. The van der Waals surface area contributed by atoms with Gasteiger partial charge in [0.1, 0.15) is 0 Å². The van der Waals surface area contributed by atoms with Gasteiger partial charge in [0.15, 0.2) is 9.84 Å². The van der Waals surface area contributed by atoms with Crippen molar-refractivity contribution in [2.45, 2.75) is 30.7 Å². The number of sulfone groups is 1. The molecule has 6 heteroatoms. The number of hydrogen-bond acceptors (Lipinski definition) is 3. The number of urea groups is 1. The second kappa shape index (κ2) is 6.52. The quantitative estimate of drug-likeness (QED) is 0.917. The summed E-state index contributed by atoms with van der Waals surface area (Å²) in [7, 11) is -1.54. The highest BCUT2D eigenvalue weighted by molar-refractivity contribution is 7.90. The maximum absolute atomic E-state index is 12.6. The molecule has 0 unspecified atom stereocenters. The Bertz CT molecular complexity index is 897. The van der Waals surface area contributed by atoms with E-state index in [2.05, 4.69) is 17.4 Å². The van der Waals surface area contributed by atoms with E-state index < -0.39 is 9.84 Å². The monoisotopic (exact) mass is 358 g/mol. The minimum atomic E-state index is -3.31. The van der Waals surface area contributed by atoms with Crippen LogP contribution in [-0.2, 0) is 22.7 Å². The summed E-state index contributed by atoms with van der Waals surface area (Å²) in [5.74, 6) is 0. The van der Waals surface area contributed by atoms with Gasteiger partial charge in [0, 0.05) is 25.0 Å². The van der Waals surface area contributed by atoms with E-state index in [9.17, 15) is 13.2 Å². The molecule has 0 bridgehead atoms. The number of rotatable bonds is 3. The molecule has 25 heavy (non-hydrogen) atoms. The van der Waals surface area contributed by atoms with Crippen molar-refractivity contribution >= 4 is 21.6 Å². The summed E-state index contributed by atoms with van der Waals surface area (Å²) in [5.41, 5.74) is 3.91. The summed E-state index contributed by atoms with van der Waals surface area (Å²) in [6, 6.07) is 12.9. The zero-order chi connectivity index (χ0) is 18.2. The third-order valence-corrected chi connectivity index (χ3v) is 5.89. The number of fused-ring (bicyclic) bond motifs is 1. The fraction of sp³-hybridized carbons (Fsp3) is 0.316. The lowest BCUT2D eigenvalue weighted by Gasteiger charge is -2.25. The standard InChI is InChI=1S/C19H22N2O3S/c1-13-8-9-17(25(3,23)24)12-18(13)20-19(22)21(2)16-10-14-6-4-5-7-15(14)11-16/h4-9,12,16H,10-11H2,1-3H3,(H,20,22). The second-order valence-corrected chi connectivity index (χ2v) is 8.64. The van der Waals surface area contributed by atoms with Crippen LogP contribution < -0.4 is 5.32 Å². The Labute approximate surface area is 148 Å². The number of anilines is 1. The Morgan fingerprint density at radius 1 is 1.12 bits per heavy atom. The van der Waals surface area contributed by atoms with Gasteiger partial charge in [0.25, 0.3) is 0 Å². The third-order valence-electron chi connectivity index (χ3n) is 4.78. The van der Waals surface area contributed by atoms with Crippen molar-refractivity contribution in [1.82, 2.24) is 4.90 Å². The third kappa shape index (κ3) is 3.69. The first-order valence-electron chi connectivity index (χ1n) is 8.17. The van der Waals surface area contributed by atoms with Gasteiger partial charge in [-0.05, 0) is 48.6 Å². The summed E-state index contributed by atoms with van der Waals surface area (Å²) in [5, 5.41) is 2.85. The molecule has 2 amide bonds. The van der Waals surface area contributed by atoms with Crippen LogP contribution in [0, 0.1) is 6.92 Å². The number of amides is 2. The summed E-state index contributed by atoms with van der Waals surface area (Å²) in [6.45, 7) is 1.84. The fourth-order valence-corrected chi connectivity index (χ4v) is 3.79. The molecule has 5 nitrogen and oxygen atoms in total. The predicted molar refractivity (Wildman–Crippen MR) is 98.7 cm³/mol. The predicted octanol–water partition coefficient (Wildman–Crippen LogP) is 3.03. The number of aryl methyl sites for hydroxylation is 1. The normalized spacial score (nSPS) is 14.2. The van der Waals surface area contributed by atoms with Crippen molar-refractivity contribution in [3.8, 4) is 0 Å². The van der Waals surface area contributed by atoms with Crippen molar-refractivity contribution in [2.24, 2.45) is 0 Å². The number of likely N-dealkylation sites (N-methyl/N-ethyl adjacent to an activating group) is 1. The van der Waals surface area contributed by atoms with Gasteiger partial charge in [-0.15, -0.1) is 0 Å². The average molecular weight is 358 g/mol. The number of benzene rings is 2. The van der Waals surface area contributed by atoms with Crippen LogP contribution in [0.5, 0.6) is 0 Å². The van der Waals surface area contributed by atoms with Crippen LogP contribution in [0.15, 0.2) is 47.4 Å². The lowest BCUT2D eigenvalue weighted by atomic mass is 10.1. The highest BCUT2D eigenvalue weighted by Crippen LogP contribution is 2.26. The van der Waals surface area contributed by atoms with Gasteiger partial charge in [-0.3, -0.25) is 0 Å². The molecule has 132 valence electrons. The van der Waals surface area contributed by atoms with Gasteiger partial charge in [0.2, 0.25) is 0 Å². The minimum Gasteiger partial charge on any atom is -0.324 e. The van der Waals surface area contributed by atoms with Crippen molar-refractivity contribution in [2.75, 3.05) is 18.6 Å². The average Bonchev–Trinajstić information content (AvgIpc) is 2.99. The van der Waals surface area contributed by atoms with Gasteiger partial charge in [-0.1, -0.05) is 30.3 Å². The second-order valence-electron chi connectivity index (χ2n) is 6.62. The highest BCUT2D eigenvalue weighted by Gasteiger charge is 2.27. The molecule has 0 spiro atoms. The first-order chi connectivity index (χ1) is 11.8. The molecule has 0 heterocycles. The van der Waals surface area contributed by atoms with Gasteiger partial charge in [0.05, 0.1) is 4.90 Å². The van der Waals surface area contributed by atoms with E-state index in [1.165, 1.54) is 17.2 Å². The van der Waals surface area contributed by atoms with Crippen molar-refractivity contribution < 1.29 is 13.2 Å². The number of hydrogen-bond donors (Lipinski definition) is 1. The Morgan fingerprint density at radius 2 is 1.72 bits per heavy atom. The number of nitrogens with zero attached hydrogens (tertiary/aromatic N) is 1.